The van der Waals surface area contributed by atoms with E-state index in [2.05, 4.69) is 22.5 Å². The average Bonchev–Trinajstić information content (AvgIpc) is 2.70. The van der Waals surface area contributed by atoms with Crippen molar-refractivity contribution in [3.63, 3.8) is 0 Å². The molecule has 0 saturated carbocycles. The van der Waals surface area contributed by atoms with Crippen molar-refractivity contribution < 1.29 is 14.3 Å². The van der Waals surface area contributed by atoms with Crippen molar-refractivity contribution in [3.05, 3.63) is 48.5 Å². The summed E-state index contributed by atoms with van der Waals surface area (Å²) in [4.78, 5) is 27.0. The molecule has 1 aliphatic heterocycles. The van der Waals surface area contributed by atoms with Gasteiger partial charge >= 0.3 is 11.8 Å². The summed E-state index contributed by atoms with van der Waals surface area (Å²) in [7, 11) is 0. The van der Waals surface area contributed by atoms with Gasteiger partial charge < -0.3 is 20.3 Å². The molecule has 154 valence electrons. The summed E-state index contributed by atoms with van der Waals surface area (Å²) in [6, 6.07) is 14.7. The average molecular weight is 396 g/mol. The first-order chi connectivity index (χ1) is 13.9. The first kappa shape index (κ1) is 20.7. The summed E-state index contributed by atoms with van der Waals surface area (Å²) in [5.74, 6) is -0.147. The lowest BCUT2D eigenvalue weighted by Gasteiger charge is -2.32. The number of piperidine rings is 1. The minimum Gasteiger partial charge on any atom is -0.489 e. The minimum atomic E-state index is -0.737. The van der Waals surface area contributed by atoms with E-state index in [0.717, 1.165) is 24.7 Å². The van der Waals surface area contributed by atoms with E-state index in [9.17, 15) is 9.59 Å². The van der Waals surface area contributed by atoms with Crippen LogP contribution in [0.25, 0.3) is 0 Å². The molecule has 1 fully saturated rings. The van der Waals surface area contributed by atoms with Gasteiger partial charge in [-0.3, -0.25) is 9.59 Å². The van der Waals surface area contributed by atoms with E-state index in [1.807, 2.05) is 44.2 Å². The molecular weight excluding hydrogens is 366 g/mol. The lowest BCUT2D eigenvalue weighted by Crippen LogP contribution is -2.32. The Kier molecular flexibility index (Phi) is 6.75. The number of para-hydroxylation sites is 2. The van der Waals surface area contributed by atoms with Crippen LogP contribution in [-0.2, 0) is 9.59 Å². The maximum Gasteiger partial charge on any atom is 0.314 e. The number of nitrogens with zero attached hydrogens (tertiary/aromatic N) is 1. The number of anilines is 3. The number of amides is 2. The molecule has 1 aliphatic rings. The number of hydrogen-bond donors (Lipinski definition) is 2. The van der Waals surface area contributed by atoms with E-state index < -0.39 is 11.8 Å². The van der Waals surface area contributed by atoms with Crippen LogP contribution < -0.4 is 20.3 Å². The number of carbonyl (C=O) groups is 2. The number of hydrogen-bond acceptors (Lipinski definition) is 4. The minimum absolute atomic E-state index is 0.0384. The Labute approximate surface area is 172 Å². The van der Waals surface area contributed by atoms with Crippen LogP contribution in [-0.4, -0.2) is 31.0 Å². The molecule has 1 saturated heterocycles. The zero-order valence-corrected chi connectivity index (χ0v) is 17.3. The third-order valence-corrected chi connectivity index (χ3v) is 4.98. The summed E-state index contributed by atoms with van der Waals surface area (Å²) in [5.41, 5.74) is 2.20. The number of benzene rings is 2. The van der Waals surface area contributed by atoms with Gasteiger partial charge in [-0.1, -0.05) is 19.1 Å². The van der Waals surface area contributed by atoms with Crippen LogP contribution in [0.5, 0.6) is 5.75 Å². The Hall–Kier alpha value is -3.02. The standard InChI is InChI=1S/C23H29N3O3/c1-16(2)29-21-7-5-4-6-20(21)25-23(28)22(27)24-18-8-10-19(11-9-18)26-14-12-17(3)13-15-26/h4-11,16-17H,12-15H2,1-3H3,(H,24,27)(H,25,28). The van der Waals surface area contributed by atoms with Gasteiger partial charge in [0, 0.05) is 24.5 Å². The molecule has 0 radical (unpaired) electrons. The van der Waals surface area contributed by atoms with Gasteiger partial charge in [-0.05, 0) is 69.0 Å². The van der Waals surface area contributed by atoms with Crippen molar-refractivity contribution in [2.75, 3.05) is 28.6 Å². The van der Waals surface area contributed by atoms with Gasteiger partial charge in [-0.15, -0.1) is 0 Å². The van der Waals surface area contributed by atoms with Crippen LogP contribution in [0.4, 0.5) is 17.1 Å². The SMILES string of the molecule is CC1CCN(c2ccc(NC(=O)C(=O)Nc3ccccc3OC(C)C)cc2)CC1. The van der Waals surface area contributed by atoms with Gasteiger partial charge in [-0.25, -0.2) is 0 Å². The summed E-state index contributed by atoms with van der Waals surface area (Å²) in [5, 5.41) is 5.27. The van der Waals surface area contributed by atoms with Crippen molar-refractivity contribution in [3.8, 4) is 5.75 Å². The van der Waals surface area contributed by atoms with Gasteiger partial charge in [-0.2, -0.15) is 0 Å². The molecule has 0 spiro atoms. The molecule has 29 heavy (non-hydrogen) atoms. The Bertz CT molecular complexity index is 841. The van der Waals surface area contributed by atoms with Gasteiger partial charge in [0.1, 0.15) is 5.75 Å². The van der Waals surface area contributed by atoms with Crippen molar-refractivity contribution in [2.24, 2.45) is 5.92 Å². The fourth-order valence-electron chi connectivity index (χ4n) is 3.32. The van der Waals surface area contributed by atoms with Crippen LogP contribution >= 0.6 is 0 Å². The second-order valence-corrected chi connectivity index (χ2v) is 7.79. The second kappa shape index (κ2) is 9.45. The first-order valence-corrected chi connectivity index (χ1v) is 10.2. The quantitative estimate of drug-likeness (QED) is 0.741. The smallest absolute Gasteiger partial charge is 0.314 e. The third-order valence-electron chi connectivity index (χ3n) is 4.98. The highest BCUT2D eigenvalue weighted by molar-refractivity contribution is 6.43. The Morgan fingerprint density at radius 2 is 1.59 bits per heavy atom. The van der Waals surface area contributed by atoms with Crippen molar-refractivity contribution in [1.29, 1.82) is 0 Å². The zero-order valence-electron chi connectivity index (χ0n) is 17.3. The highest BCUT2D eigenvalue weighted by Gasteiger charge is 2.18. The predicted molar refractivity (Wildman–Crippen MR) is 117 cm³/mol. The molecule has 0 aromatic heterocycles. The molecule has 0 unspecified atom stereocenters. The molecule has 2 N–H and O–H groups in total. The van der Waals surface area contributed by atoms with Crippen LogP contribution in [0, 0.1) is 5.92 Å². The Morgan fingerprint density at radius 3 is 2.24 bits per heavy atom. The highest BCUT2D eigenvalue weighted by Crippen LogP contribution is 2.26. The first-order valence-electron chi connectivity index (χ1n) is 10.2. The van der Waals surface area contributed by atoms with Crippen molar-refractivity contribution in [2.45, 2.75) is 39.7 Å². The largest absolute Gasteiger partial charge is 0.489 e. The monoisotopic (exact) mass is 395 g/mol. The molecular formula is C23H29N3O3. The number of ether oxygens (including phenoxy) is 1. The fraction of sp³-hybridized carbons (Fsp3) is 0.391. The van der Waals surface area contributed by atoms with Crippen molar-refractivity contribution >= 4 is 28.9 Å². The molecule has 0 bridgehead atoms. The molecule has 3 rings (SSSR count). The molecule has 2 aromatic carbocycles. The van der Waals surface area contributed by atoms with E-state index in [-0.39, 0.29) is 6.10 Å². The lowest BCUT2D eigenvalue weighted by molar-refractivity contribution is -0.133. The Balaban J connectivity index is 1.58. The number of rotatable bonds is 5. The lowest BCUT2D eigenvalue weighted by atomic mass is 9.99. The molecule has 6 nitrogen and oxygen atoms in total. The highest BCUT2D eigenvalue weighted by atomic mass is 16.5. The third kappa shape index (κ3) is 5.73. The van der Waals surface area contributed by atoms with Crippen molar-refractivity contribution in [1.82, 2.24) is 0 Å². The molecule has 1 heterocycles. The maximum absolute atomic E-state index is 12.3. The zero-order chi connectivity index (χ0) is 20.8. The van der Waals surface area contributed by atoms with E-state index in [1.165, 1.54) is 12.8 Å². The van der Waals surface area contributed by atoms with Gasteiger partial charge in [0.15, 0.2) is 0 Å². The maximum atomic E-state index is 12.3. The summed E-state index contributed by atoms with van der Waals surface area (Å²) >= 11 is 0. The molecule has 0 atom stereocenters. The van der Waals surface area contributed by atoms with E-state index in [4.69, 9.17) is 4.74 Å². The van der Waals surface area contributed by atoms with E-state index in [0.29, 0.717) is 17.1 Å². The summed E-state index contributed by atoms with van der Waals surface area (Å²) < 4.78 is 5.67. The number of carbonyl (C=O) groups excluding carboxylic acids is 2. The molecule has 6 heteroatoms. The van der Waals surface area contributed by atoms with Crippen LogP contribution in [0.3, 0.4) is 0 Å². The van der Waals surface area contributed by atoms with Gasteiger partial charge in [0.25, 0.3) is 0 Å². The molecule has 2 aromatic rings. The Morgan fingerprint density at radius 1 is 0.966 bits per heavy atom. The van der Waals surface area contributed by atoms with E-state index >= 15 is 0 Å². The van der Waals surface area contributed by atoms with Crippen LogP contribution in [0.1, 0.15) is 33.6 Å². The van der Waals surface area contributed by atoms with Crippen LogP contribution in [0.15, 0.2) is 48.5 Å². The predicted octanol–water partition coefficient (Wildman–Crippen LogP) is 4.29. The van der Waals surface area contributed by atoms with Gasteiger partial charge in [0.2, 0.25) is 0 Å². The summed E-state index contributed by atoms with van der Waals surface area (Å²) in [6.07, 6.45) is 2.35. The second-order valence-electron chi connectivity index (χ2n) is 7.79. The topological polar surface area (TPSA) is 70.7 Å². The summed E-state index contributed by atoms with van der Waals surface area (Å²) in [6.45, 7) is 8.19. The van der Waals surface area contributed by atoms with E-state index in [1.54, 1.807) is 18.2 Å². The normalized spacial score (nSPS) is 14.6. The fourth-order valence-corrected chi connectivity index (χ4v) is 3.32. The number of nitrogens with one attached hydrogen (secondary N) is 2. The molecule has 2 amide bonds. The van der Waals surface area contributed by atoms with Gasteiger partial charge in [0.05, 0.1) is 11.8 Å². The molecule has 0 aliphatic carbocycles. The van der Waals surface area contributed by atoms with Crippen LogP contribution in [0.2, 0.25) is 0 Å².